The van der Waals surface area contributed by atoms with Gasteiger partial charge < -0.3 is 0 Å². The largest absolute Gasteiger partial charge is 0.294 e. The number of hydrogen-bond donors (Lipinski definition) is 0. The van der Waals surface area contributed by atoms with Crippen molar-refractivity contribution in [3.63, 3.8) is 0 Å². The van der Waals surface area contributed by atoms with Crippen molar-refractivity contribution in [1.82, 2.24) is 4.90 Å². The third kappa shape index (κ3) is 3.30. The van der Waals surface area contributed by atoms with Crippen molar-refractivity contribution in [1.29, 1.82) is 0 Å². The summed E-state index contributed by atoms with van der Waals surface area (Å²) in [4.78, 5) is 14.5. The van der Waals surface area contributed by atoms with E-state index < -0.39 is 0 Å². The van der Waals surface area contributed by atoms with Crippen LogP contribution in [0.25, 0.3) is 0 Å². The lowest BCUT2D eigenvalue weighted by Gasteiger charge is -2.22. The van der Waals surface area contributed by atoms with E-state index in [-0.39, 0.29) is 24.2 Å². The van der Waals surface area contributed by atoms with E-state index in [2.05, 4.69) is 4.90 Å². The number of halogens is 1. The Bertz CT molecular complexity index is 368. The molecule has 2 nitrogen and oxygen atoms in total. The van der Waals surface area contributed by atoms with Crippen molar-refractivity contribution < 1.29 is 4.79 Å². The highest BCUT2D eigenvalue weighted by molar-refractivity contribution is 5.99. The van der Waals surface area contributed by atoms with Crippen LogP contribution >= 0.6 is 12.4 Å². The second-order valence-corrected chi connectivity index (χ2v) is 4.65. The number of benzene rings is 1. The summed E-state index contributed by atoms with van der Waals surface area (Å²) in [6.45, 7) is 6.20. The van der Waals surface area contributed by atoms with E-state index in [1.54, 1.807) is 0 Å². The van der Waals surface area contributed by atoms with Gasteiger partial charge in [0.2, 0.25) is 0 Å². The summed E-state index contributed by atoms with van der Waals surface area (Å²) >= 11 is 0. The highest BCUT2D eigenvalue weighted by atomic mass is 35.5. The van der Waals surface area contributed by atoms with Crippen molar-refractivity contribution in [2.24, 2.45) is 0 Å². The van der Waals surface area contributed by atoms with Gasteiger partial charge in [-0.3, -0.25) is 9.69 Å². The van der Waals surface area contributed by atoms with Gasteiger partial charge in [-0.1, -0.05) is 29.8 Å². The lowest BCUT2D eigenvalue weighted by atomic mass is 10.0. The molecule has 94 valence electrons. The summed E-state index contributed by atoms with van der Waals surface area (Å²) in [7, 11) is 0. The Morgan fingerprint density at radius 2 is 1.71 bits per heavy atom. The van der Waals surface area contributed by atoms with E-state index in [1.807, 2.05) is 38.1 Å². The molecule has 0 spiro atoms. The number of nitrogens with zero attached hydrogens (tertiary/aromatic N) is 1. The Labute approximate surface area is 109 Å². The number of rotatable bonds is 3. The molecule has 17 heavy (non-hydrogen) atoms. The van der Waals surface area contributed by atoms with E-state index in [0.29, 0.717) is 0 Å². The fourth-order valence-electron chi connectivity index (χ4n) is 2.25. The van der Waals surface area contributed by atoms with Gasteiger partial charge in [0.25, 0.3) is 0 Å². The Morgan fingerprint density at radius 1 is 1.18 bits per heavy atom. The zero-order valence-electron chi connectivity index (χ0n) is 10.5. The molecule has 1 fully saturated rings. The van der Waals surface area contributed by atoms with Crippen LogP contribution in [0.4, 0.5) is 0 Å². The van der Waals surface area contributed by atoms with E-state index in [4.69, 9.17) is 0 Å². The molecule has 1 aromatic rings. The molecule has 1 unspecified atom stereocenters. The average molecular weight is 254 g/mol. The molecule has 0 radical (unpaired) electrons. The number of Topliss-reactive ketones (excluding diaryl/α,β-unsaturated/α-hetero) is 1. The first-order valence-electron chi connectivity index (χ1n) is 6.03. The van der Waals surface area contributed by atoms with Crippen molar-refractivity contribution in [3.8, 4) is 0 Å². The van der Waals surface area contributed by atoms with Crippen molar-refractivity contribution >= 4 is 18.2 Å². The first kappa shape index (κ1) is 14.2. The Kier molecular flexibility index (Phi) is 5.16. The standard InChI is InChI=1S/C14H19NO.ClH/c1-11-5-7-13(8-6-11)14(16)12(2)15-9-3-4-10-15;/h5-8,12H,3-4,9-10H2,1-2H3;1H. The van der Waals surface area contributed by atoms with Crippen LogP contribution in [0.1, 0.15) is 35.7 Å². The molecular formula is C14H20ClNO. The number of ketones is 1. The molecule has 2 rings (SSSR count). The average Bonchev–Trinajstić information content (AvgIpc) is 2.81. The fraction of sp³-hybridized carbons (Fsp3) is 0.500. The molecule has 1 atom stereocenters. The van der Waals surface area contributed by atoms with Crippen LogP contribution in [0.15, 0.2) is 24.3 Å². The van der Waals surface area contributed by atoms with Gasteiger partial charge in [-0.15, -0.1) is 12.4 Å². The maximum atomic E-state index is 12.2. The minimum absolute atomic E-state index is 0. The van der Waals surface area contributed by atoms with E-state index in [0.717, 1.165) is 18.7 Å². The Balaban J connectivity index is 0.00000144. The Morgan fingerprint density at radius 3 is 2.24 bits per heavy atom. The van der Waals surface area contributed by atoms with Gasteiger partial charge >= 0.3 is 0 Å². The molecular weight excluding hydrogens is 234 g/mol. The zero-order valence-corrected chi connectivity index (χ0v) is 11.3. The number of aryl methyl sites for hydroxylation is 1. The first-order valence-corrected chi connectivity index (χ1v) is 6.03. The molecule has 0 N–H and O–H groups in total. The molecule has 0 aromatic heterocycles. The summed E-state index contributed by atoms with van der Waals surface area (Å²) in [5, 5.41) is 0. The molecule has 1 saturated heterocycles. The molecule has 0 aliphatic carbocycles. The topological polar surface area (TPSA) is 20.3 Å². The molecule has 1 heterocycles. The van der Waals surface area contributed by atoms with Crippen LogP contribution in [-0.2, 0) is 0 Å². The van der Waals surface area contributed by atoms with Crippen LogP contribution in [0.3, 0.4) is 0 Å². The lowest BCUT2D eigenvalue weighted by molar-refractivity contribution is 0.0867. The summed E-state index contributed by atoms with van der Waals surface area (Å²) in [6.07, 6.45) is 2.46. The van der Waals surface area contributed by atoms with Crippen LogP contribution in [0, 0.1) is 6.92 Å². The van der Waals surface area contributed by atoms with Gasteiger partial charge in [-0.05, 0) is 39.8 Å². The third-order valence-corrected chi connectivity index (χ3v) is 3.40. The minimum atomic E-state index is 0. The van der Waals surface area contributed by atoms with Crippen molar-refractivity contribution in [2.75, 3.05) is 13.1 Å². The number of hydrogen-bond acceptors (Lipinski definition) is 2. The zero-order chi connectivity index (χ0) is 11.5. The molecule has 1 aromatic carbocycles. The fourth-order valence-corrected chi connectivity index (χ4v) is 2.25. The van der Waals surface area contributed by atoms with Crippen LogP contribution in [-0.4, -0.2) is 29.8 Å². The smallest absolute Gasteiger partial charge is 0.179 e. The quantitative estimate of drug-likeness (QED) is 0.772. The highest BCUT2D eigenvalue weighted by Gasteiger charge is 2.24. The second kappa shape index (κ2) is 6.18. The molecule has 1 aliphatic rings. The van der Waals surface area contributed by atoms with Gasteiger partial charge in [0, 0.05) is 5.56 Å². The number of carbonyl (C=O) groups excluding carboxylic acids is 1. The van der Waals surface area contributed by atoms with Gasteiger partial charge in [-0.25, -0.2) is 0 Å². The van der Waals surface area contributed by atoms with Crippen LogP contribution < -0.4 is 0 Å². The predicted molar refractivity (Wildman–Crippen MR) is 73.0 cm³/mol. The first-order chi connectivity index (χ1) is 7.68. The van der Waals surface area contributed by atoms with E-state index >= 15 is 0 Å². The summed E-state index contributed by atoms with van der Waals surface area (Å²) in [6, 6.07) is 7.91. The Hall–Kier alpha value is -0.860. The second-order valence-electron chi connectivity index (χ2n) is 4.65. The lowest BCUT2D eigenvalue weighted by Crippen LogP contribution is -2.36. The number of likely N-dealkylation sites (tertiary alicyclic amines) is 1. The van der Waals surface area contributed by atoms with Crippen LogP contribution in [0.2, 0.25) is 0 Å². The van der Waals surface area contributed by atoms with Gasteiger partial charge in [0.05, 0.1) is 6.04 Å². The predicted octanol–water partition coefficient (Wildman–Crippen LogP) is 3.08. The normalized spacial score (nSPS) is 17.5. The monoisotopic (exact) mass is 253 g/mol. The van der Waals surface area contributed by atoms with Crippen LogP contribution in [0.5, 0.6) is 0 Å². The van der Waals surface area contributed by atoms with E-state index in [9.17, 15) is 4.79 Å². The SMILES string of the molecule is Cc1ccc(C(=O)C(C)N2CCCC2)cc1.Cl. The van der Waals surface area contributed by atoms with Gasteiger partial charge in [0.15, 0.2) is 5.78 Å². The summed E-state index contributed by atoms with van der Waals surface area (Å²) < 4.78 is 0. The maximum absolute atomic E-state index is 12.2. The number of carbonyl (C=O) groups is 1. The van der Waals surface area contributed by atoms with Crippen molar-refractivity contribution in [2.45, 2.75) is 32.7 Å². The molecule has 0 amide bonds. The van der Waals surface area contributed by atoms with Gasteiger partial charge in [0.1, 0.15) is 0 Å². The summed E-state index contributed by atoms with van der Waals surface area (Å²) in [5.74, 6) is 0.252. The summed E-state index contributed by atoms with van der Waals surface area (Å²) in [5.41, 5.74) is 2.04. The third-order valence-electron chi connectivity index (χ3n) is 3.40. The molecule has 1 aliphatic heterocycles. The van der Waals surface area contributed by atoms with Crippen molar-refractivity contribution in [3.05, 3.63) is 35.4 Å². The van der Waals surface area contributed by atoms with E-state index in [1.165, 1.54) is 18.4 Å². The molecule has 0 saturated carbocycles. The highest BCUT2D eigenvalue weighted by Crippen LogP contribution is 2.15. The minimum Gasteiger partial charge on any atom is -0.294 e. The molecule has 0 bridgehead atoms. The van der Waals surface area contributed by atoms with Gasteiger partial charge in [-0.2, -0.15) is 0 Å². The maximum Gasteiger partial charge on any atom is 0.179 e. The molecule has 3 heteroatoms.